The monoisotopic (exact) mass is 688 g/mol. The molecule has 2 aromatic heterocycles. The van der Waals surface area contributed by atoms with Crippen LogP contribution in [0.3, 0.4) is 0 Å². The molecule has 2 nitrogen and oxygen atoms in total. The van der Waals surface area contributed by atoms with E-state index in [0.717, 1.165) is 12.8 Å². The van der Waals surface area contributed by atoms with Gasteiger partial charge in [-0.15, -0.1) is 11.3 Å². The first-order valence-corrected chi connectivity index (χ1v) is 19.4. The highest BCUT2D eigenvalue weighted by Crippen LogP contribution is 2.56. The summed E-state index contributed by atoms with van der Waals surface area (Å²) in [5.41, 5.74) is 11.5. The van der Waals surface area contributed by atoms with Crippen LogP contribution in [0.25, 0.3) is 80.7 Å². The topological polar surface area (TPSA) is 17.0 Å². The first-order valence-electron chi connectivity index (χ1n) is 17.7. The van der Waals surface area contributed by atoms with E-state index in [1.54, 1.807) is 0 Å². The Morgan fingerprint density at radius 1 is 0.608 bits per heavy atom. The number of rotatable bonds is 4. The Morgan fingerprint density at radius 2 is 1.35 bits per heavy atom. The van der Waals surface area contributed by atoms with Crippen LogP contribution in [0.5, 0.6) is 0 Å². The van der Waals surface area contributed by atoms with Gasteiger partial charge in [-0.3, -0.25) is 0 Å². The van der Waals surface area contributed by atoms with Gasteiger partial charge in [0.05, 0.1) is 16.7 Å². The summed E-state index contributed by atoms with van der Waals surface area (Å²) in [6.07, 6.45) is 8.88. The Labute approximate surface area is 304 Å². The third-order valence-corrected chi connectivity index (χ3v) is 13.1. The zero-order valence-corrected chi connectivity index (χ0v) is 29.4. The minimum Gasteiger partial charge on any atom is -0.368 e. The van der Waals surface area contributed by atoms with E-state index in [-0.39, 0.29) is 5.37 Å². The molecular formula is C47H32N2S2. The number of fused-ring (bicyclic) bond motifs is 9. The number of thioether (sulfide) groups is 1. The summed E-state index contributed by atoms with van der Waals surface area (Å²) in [6.45, 7) is 0. The Kier molecular flexibility index (Phi) is 6.58. The van der Waals surface area contributed by atoms with Crippen molar-refractivity contribution in [3.05, 3.63) is 163 Å². The van der Waals surface area contributed by atoms with Gasteiger partial charge in [0.1, 0.15) is 5.37 Å². The molecule has 0 saturated carbocycles. The maximum atomic E-state index is 4.06. The van der Waals surface area contributed by atoms with E-state index in [0.29, 0.717) is 0 Å². The molecule has 242 valence electrons. The van der Waals surface area contributed by atoms with Crippen molar-refractivity contribution in [1.29, 1.82) is 0 Å². The van der Waals surface area contributed by atoms with Crippen molar-refractivity contribution in [2.75, 3.05) is 5.32 Å². The molecule has 51 heavy (non-hydrogen) atoms. The molecule has 0 radical (unpaired) electrons. The lowest BCUT2D eigenvalue weighted by Gasteiger charge is -2.15. The van der Waals surface area contributed by atoms with Crippen molar-refractivity contribution in [2.45, 2.75) is 23.1 Å². The molecule has 2 aliphatic rings. The number of nitrogens with zero attached hydrogens (tertiary/aromatic N) is 1. The van der Waals surface area contributed by atoms with Gasteiger partial charge in [0.15, 0.2) is 0 Å². The molecular weight excluding hydrogens is 657 g/mol. The van der Waals surface area contributed by atoms with E-state index in [2.05, 4.69) is 168 Å². The summed E-state index contributed by atoms with van der Waals surface area (Å²) >= 11 is 3.85. The molecule has 0 amide bonds. The second kappa shape index (κ2) is 11.5. The van der Waals surface area contributed by atoms with Crippen LogP contribution in [0, 0.1) is 0 Å². The quantitative estimate of drug-likeness (QED) is 0.198. The zero-order valence-electron chi connectivity index (χ0n) is 27.8. The lowest BCUT2D eigenvalue weighted by molar-refractivity contribution is 0.979. The second-order valence-electron chi connectivity index (χ2n) is 13.6. The molecule has 3 heterocycles. The largest absolute Gasteiger partial charge is 0.368 e. The van der Waals surface area contributed by atoms with E-state index in [9.17, 15) is 0 Å². The average Bonchev–Trinajstić information content (AvgIpc) is 3.89. The Hall–Kier alpha value is -5.55. The summed E-state index contributed by atoms with van der Waals surface area (Å²) in [5, 5.41) is 12.0. The molecule has 0 saturated heterocycles. The summed E-state index contributed by atoms with van der Waals surface area (Å²) in [5.74, 6) is 0. The van der Waals surface area contributed by atoms with Gasteiger partial charge in [-0.2, -0.15) is 0 Å². The van der Waals surface area contributed by atoms with Crippen molar-refractivity contribution in [2.24, 2.45) is 0 Å². The van der Waals surface area contributed by atoms with Crippen LogP contribution in [0.2, 0.25) is 0 Å². The van der Waals surface area contributed by atoms with Crippen LogP contribution in [0.4, 0.5) is 5.69 Å². The van der Waals surface area contributed by atoms with E-state index < -0.39 is 0 Å². The molecule has 1 aliphatic heterocycles. The van der Waals surface area contributed by atoms with Gasteiger partial charge in [-0.25, -0.2) is 0 Å². The molecule has 1 aliphatic carbocycles. The number of allylic oxidation sites excluding steroid dienone is 4. The van der Waals surface area contributed by atoms with Crippen LogP contribution in [0.1, 0.15) is 23.8 Å². The second-order valence-corrected chi connectivity index (χ2v) is 15.8. The van der Waals surface area contributed by atoms with Gasteiger partial charge in [-0.1, -0.05) is 133 Å². The van der Waals surface area contributed by atoms with Crippen molar-refractivity contribution < 1.29 is 0 Å². The van der Waals surface area contributed by atoms with Crippen LogP contribution in [-0.2, 0) is 0 Å². The SMILES string of the molecule is C1=CCCC(n2c3ccccc3c3cc(C4Nc5c(c(-c6ccc(-c7cccc8ccccc78)cc6)cc6sc7ccccc7c56)S4)ccc32)=C1. The Balaban J connectivity index is 1.04. The number of benzene rings is 7. The van der Waals surface area contributed by atoms with Crippen LogP contribution >= 0.6 is 23.1 Å². The predicted molar refractivity (Wildman–Crippen MR) is 222 cm³/mol. The van der Waals surface area contributed by atoms with Gasteiger partial charge >= 0.3 is 0 Å². The average molecular weight is 689 g/mol. The number of anilines is 1. The normalized spacial score (nSPS) is 15.6. The number of thiophene rings is 1. The molecule has 4 heteroatoms. The van der Waals surface area contributed by atoms with Crippen LogP contribution in [-0.4, -0.2) is 4.57 Å². The number of para-hydroxylation sites is 1. The molecule has 1 atom stereocenters. The summed E-state index contributed by atoms with van der Waals surface area (Å²) < 4.78 is 5.13. The van der Waals surface area contributed by atoms with E-state index in [4.69, 9.17) is 0 Å². The third kappa shape index (κ3) is 4.57. The fourth-order valence-corrected chi connectivity index (χ4v) is 10.8. The Morgan fingerprint density at radius 3 is 2.22 bits per heavy atom. The highest BCUT2D eigenvalue weighted by atomic mass is 32.2. The van der Waals surface area contributed by atoms with Gasteiger partial charge in [0.2, 0.25) is 0 Å². The molecule has 9 aromatic rings. The lowest BCUT2D eigenvalue weighted by Crippen LogP contribution is -2.02. The van der Waals surface area contributed by atoms with Gasteiger partial charge in [0.25, 0.3) is 0 Å². The van der Waals surface area contributed by atoms with E-state index in [1.807, 2.05) is 23.1 Å². The first kappa shape index (κ1) is 29.2. The van der Waals surface area contributed by atoms with Crippen molar-refractivity contribution in [1.82, 2.24) is 4.57 Å². The fourth-order valence-electron chi connectivity index (χ4n) is 8.32. The highest BCUT2D eigenvalue weighted by molar-refractivity contribution is 8.00. The lowest BCUT2D eigenvalue weighted by atomic mass is 9.95. The summed E-state index contributed by atoms with van der Waals surface area (Å²) in [6, 6.07) is 51.8. The molecule has 0 fully saturated rings. The van der Waals surface area contributed by atoms with Gasteiger partial charge < -0.3 is 9.88 Å². The molecule has 7 aromatic carbocycles. The van der Waals surface area contributed by atoms with E-state index in [1.165, 1.54) is 96.8 Å². The first-order chi connectivity index (χ1) is 25.3. The summed E-state index contributed by atoms with van der Waals surface area (Å²) in [7, 11) is 0. The molecule has 0 spiro atoms. The molecule has 0 bridgehead atoms. The van der Waals surface area contributed by atoms with Crippen LogP contribution < -0.4 is 5.32 Å². The van der Waals surface area contributed by atoms with Crippen LogP contribution in [0.15, 0.2) is 163 Å². The number of nitrogens with one attached hydrogen (secondary N) is 1. The summed E-state index contributed by atoms with van der Waals surface area (Å²) in [4.78, 5) is 1.33. The number of hydrogen-bond donors (Lipinski definition) is 1. The maximum Gasteiger partial charge on any atom is 0.103 e. The number of aromatic nitrogens is 1. The zero-order chi connectivity index (χ0) is 33.5. The standard InChI is InChI=1S/C47H32N2S2/c1-2-13-33(14-3-1)49-40-19-8-6-16-36(40)39-27-32(25-26-41(39)49)47-48-45-44-37-17-7-9-20-42(37)50-43(44)28-38(46(45)51-47)31-23-21-30(22-24-31)35-18-10-12-29-11-4-5-15-34(29)35/h1-2,4-13,15-28,47-48H,3,14H2. The van der Waals surface area contributed by atoms with Gasteiger partial charge in [-0.05, 0) is 87.8 Å². The smallest absolute Gasteiger partial charge is 0.103 e. The van der Waals surface area contributed by atoms with E-state index >= 15 is 0 Å². The maximum absolute atomic E-state index is 4.06. The predicted octanol–water partition coefficient (Wildman–Crippen LogP) is 14.1. The molecule has 11 rings (SSSR count). The molecule has 1 unspecified atom stereocenters. The Bertz CT molecular complexity index is 2920. The third-order valence-electron chi connectivity index (χ3n) is 10.7. The van der Waals surface area contributed by atoms with Crippen molar-refractivity contribution >= 4 is 87.2 Å². The minimum absolute atomic E-state index is 0.0984. The van der Waals surface area contributed by atoms with Crippen molar-refractivity contribution in [3.8, 4) is 22.3 Å². The highest BCUT2D eigenvalue weighted by Gasteiger charge is 2.30. The minimum atomic E-state index is 0.0984. The molecule has 1 N–H and O–H groups in total. The van der Waals surface area contributed by atoms with Crippen molar-refractivity contribution in [3.63, 3.8) is 0 Å². The number of hydrogen-bond acceptors (Lipinski definition) is 3. The van der Waals surface area contributed by atoms with Gasteiger partial charge in [0, 0.05) is 41.5 Å². The fraction of sp³-hybridized carbons (Fsp3) is 0.0638.